The molecule has 3 nitrogen and oxygen atoms in total. The Morgan fingerprint density at radius 3 is 3.00 bits per heavy atom. The second kappa shape index (κ2) is 6.73. The first-order valence-electron chi connectivity index (χ1n) is 8.05. The van der Waals surface area contributed by atoms with Crippen molar-refractivity contribution < 1.29 is 4.79 Å². The molecule has 1 aliphatic rings. The number of carbonyl (C=O) groups excluding carboxylic acids is 1. The number of benzene rings is 1. The topological polar surface area (TPSA) is 33.2 Å². The van der Waals surface area contributed by atoms with Crippen LogP contribution in [0.2, 0.25) is 0 Å². The number of likely N-dealkylation sites (tertiary alicyclic amines) is 1. The zero-order chi connectivity index (χ0) is 15.4. The van der Waals surface area contributed by atoms with Crippen LogP contribution in [-0.4, -0.2) is 28.9 Å². The van der Waals surface area contributed by atoms with Gasteiger partial charge in [-0.15, -0.1) is 0 Å². The first-order chi connectivity index (χ1) is 10.7. The fourth-order valence-corrected chi connectivity index (χ4v) is 3.01. The summed E-state index contributed by atoms with van der Waals surface area (Å²) in [5.41, 5.74) is 1.94. The van der Waals surface area contributed by atoms with E-state index in [2.05, 4.69) is 11.9 Å². The van der Waals surface area contributed by atoms with Crippen LogP contribution >= 0.6 is 0 Å². The van der Waals surface area contributed by atoms with Crippen LogP contribution in [0.15, 0.2) is 42.6 Å². The number of nitrogens with zero attached hydrogens (tertiary/aromatic N) is 2. The minimum absolute atomic E-state index is 0.113. The number of aromatic nitrogens is 1. The third kappa shape index (κ3) is 3.35. The summed E-state index contributed by atoms with van der Waals surface area (Å²) >= 11 is 0. The van der Waals surface area contributed by atoms with Crippen LogP contribution in [-0.2, 0) is 4.79 Å². The highest BCUT2D eigenvalue weighted by molar-refractivity contribution is 5.95. The summed E-state index contributed by atoms with van der Waals surface area (Å²) < 4.78 is 0. The Balaban J connectivity index is 1.76. The van der Waals surface area contributed by atoms with Crippen LogP contribution in [0.3, 0.4) is 0 Å². The highest BCUT2D eigenvalue weighted by Crippen LogP contribution is 2.19. The normalized spacial score (nSPS) is 19.5. The quantitative estimate of drug-likeness (QED) is 0.787. The van der Waals surface area contributed by atoms with Crippen LogP contribution in [0.4, 0.5) is 0 Å². The first kappa shape index (κ1) is 14.8. The lowest BCUT2D eigenvalue weighted by molar-refractivity contribution is -0.125. The highest BCUT2D eigenvalue weighted by atomic mass is 16.2. The summed E-state index contributed by atoms with van der Waals surface area (Å²) in [5, 5.41) is 1.10. The monoisotopic (exact) mass is 294 g/mol. The molecule has 114 valence electrons. The third-order valence-corrected chi connectivity index (χ3v) is 4.40. The molecule has 1 aromatic heterocycles. The lowest BCUT2D eigenvalue weighted by Gasteiger charge is -2.18. The van der Waals surface area contributed by atoms with Gasteiger partial charge in [0.1, 0.15) is 0 Å². The summed E-state index contributed by atoms with van der Waals surface area (Å²) in [5.74, 6) is 0.839. The van der Waals surface area contributed by atoms with E-state index in [0.29, 0.717) is 0 Å². The SMILES string of the molecule is C[C@@H]1CCCN(C(=O)/C=C/c2cccc3cccnc23)CC1. The van der Waals surface area contributed by atoms with Gasteiger partial charge in [-0.2, -0.15) is 0 Å². The molecular weight excluding hydrogens is 272 g/mol. The van der Waals surface area contributed by atoms with Gasteiger partial charge in [0.15, 0.2) is 0 Å². The van der Waals surface area contributed by atoms with Gasteiger partial charge in [0, 0.05) is 36.3 Å². The second-order valence-electron chi connectivity index (χ2n) is 6.12. The van der Waals surface area contributed by atoms with Crippen LogP contribution in [0.25, 0.3) is 17.0 Å². The largest absolute Gasteiger partial charge is 0.339 e. The molecular formula is C19H22N2O. The summed E-state index contributed by atoms with van der Waals surface area (Å²) in [6, 6.07) is 10.0. The van der Waals surface area contributed by atoms with Crippen LogP contribution in [0, 0.1) is 5.92 Å². The Morgan fingerprint density at radius 2 is 2.09 bits per heavy atom. The number of carbonyl (C=O) groups is 1. The summed E-state index contributed by atoms with van der Waals surface area (Å²) in [6.45, 7) is 4.02. The molecule has 0 radical (unpaired) electrons. The summed E-state index contributed by atoms with van der Waals surface area (Å²) in [6.07, 6.45) is 8.82. The third-order valence-electron chi connectivity index (χ3n) is 4.40. The first-order valence-corrected chi connectivity index (χ1v) is 8.05. The Labute approximate surface area is 131 Å². The van der Waals surface area contributed by atoms with Gasteiger partial charge < -0.3 is 4.90 Å². The minimum Gasteiger partial charge on any atom is -0.339 e. The molecule has 0 N–H and O–H groups in total. The van der Waals surface area contributed by atoms with E-state index >= 15 is 0 Å². The number of hydrogen-bond acceptors (Lipinski definition) is 2. The van der Waals surface area contributed by atoms with Crippen molar-refractivity contribution in [3.8, 4) is 0 Å². The van der Waals surface area contributed by atoms with E-state index in [0.717, 1.165) is 48.3 Å². The number of hydrogen-bond donors (Lipinski definition) is 0. The highest BCUT2D eigenvalue weighted by Gasteiger charge is 2.16. The van der Waals surface area contributed by atoms with Gasteiger partial charge in [-0.3, -0.25) is 9.78 Å². The van der Waals surface area contributed by atoms with Gasteiger partial charge in [-0.1, -0.05) is 31.2 Å². The number of fused-ring (bicyclic) bond motifs is 1. The average Bonchev–Trinajstić information content (AvgIpc) is 2.77. The van der Waals surface area contributed by atoms with Gasteiger partial charge in [0.25, 0.3) is 0 Å². The molecule has 1 aromatic carbocycles. The lowest BCUT2D eigenvalue weighted by atomic mass is 10.0. The van der Waals surface area contributed by atoms with Gasteiger partial charge >= 0.3 is 0 Å². The maximum absolute atomic E-state index is 12.4. The maximum Gasteiger partial charge on any atom is 0.246 e. The van der Waals surface area contributed by atoms with Gasteiger partial charge in [0.05, 0.1) is 5.52 Å². The predicted molar refractivity (Wildman–Crippen MR) is 90.4 cm³/mol. The summed E-state index contributed by atoms with van der Waals surface area (Å²) in [7, 11) is 0. The molecule has 2 heterocycles. The zero-order valence-corrected chi connectivity index (χ0v) is 13.0. The van der Waals surface area contributed by atoms with E-state index in [1.807, 2.05) is 41.3 Å². The standard InChI is InChI=1S/C19H22N2O/c1-15-5-4-13-21(14-11-15)18(22)10-9-17-7-2-6-16-8-3-12-20-19(16)17/h2-3,6-10,12,15H,4-5,11,13-14H2,1H3/b10-9+/t15-/m1/s1. The molecule has 1 aliphatic heterocycles. The van der Waals surface area contributed by atoms with Gasteiger partial charge in [-0.25, -0.2) is 0 Å². The fraction of sp³-hybridized carbons (Fsp3) is 0.368. The molecule has 1 atom stereocenters. The molecule has 1 amide bonds. The zero-order valence-electron chi connectivity index (χ0n) is 13.0. The number of pyridine rings is 1. The van der Waals surface area contributed by atoms with E-state index in [4.69, 9.17) is 0 Å². The fourth-order valence-electron chi connectivity index (χ4n) is 3.01. The van der Waals surface area contributed by atoms with Crippen molar-refractivity contribution in [2.24, 2.45) is 5.92 Å². The van der Waals surface area contributed by atoms with Crippen molar-refractivity contribution in [1.29, 1.82) is 0 Å². The van der Waals surface area contributed by atoms with Crippen molar-refractivity contribution >= 4 is 22.9 Å². The molecule has 0 spiro atoms. The number of para-hydroxylation sites is 1. The molecule has 3 heteroatoms. The second-order valence-corrected chi connectivity index (χ2v) is 6.12. The Hall–Kier alpha value is -2.16. The molecule has 0 unspecified atom stereocenters. The number of amides is 1. The molecule has 0 bridgehead atoms. The lowest BCUT2D eigenvalue weighted by Crippen LogP contribution is -2.30. The Bertz CT molecular complexity index is 687. The van der Waals surface area contributed by atoms with E-state index in [1.54, 1.807) is 12.3 Å². The molecule has 1 fully saturated rings. The van der Waals surface area contributed by atoms with Gasteiger partial charge in [0.2, 0.25) is 5.91 Å². The van der Waals surface area contributed by atoms with Crippen molar-refractivity contribution in [2.75, 3.05) is 13.1 Å². The Kier molecular flexibility index (Phi) is 4.52. The van der Waals surface area contributed by atoms with Crippen LogP contribution < -0.4 is 0 Å². The summed E-state index contributed by atoms with van der Waals surface area (Å²) in [4.78, 5) is 18.8. The van der Waals surface area contributed by atoms with Crippen molar-refractivity contribution in [2.45, 2.75) is 26.2 Å². The Morgan fingerprint density at radius 1 is 1.23 bits per heavy atom. The van der Waals surface area contributed by atoms with Crippen LogP contribution in [0.1, 0.15) is 31.7 Å². The smallest absolute Gasteiger partial charge is 0.246 e. The predicted octanol–water partition coefficient (Wildman–Crippen LogP) is 3.90. The molecule has 0 aliphatic carbocycles. The van der Waals surface area contributed by atoms with E-state index in [-0.39, 0.29) is 5.91 Å². The van der Waals surface area contributed by atoms with Crippen LogP contribution in [0.5, 0.6) is 0 Å². The molecule has 0 saturated carbocycles. The number of rotatable bonds is 2. The molecule has 3 rings (SSSR count). The van der Waals surface area contributed by atoms with Crippen molar-refractivity contribution in [1.82, 2.24) is 9.88 Å². The minimum atomic E-state index is 0.113. The average molecular weight is 294 g/mol. The van der Waals surface area contributed by atoms with Crippen molar-refractivity contribution in [3.05, 3.63) is 48.2 Å². The maximum atomic E-state index is 12.4. The van der Waals surface area contributed by atoms with E-state index < -0.39 is 0 Å². The molecule has 1 saturated heterocycles. The molecule has 22 heavy (non-hydrogen) atoms. The van der Waals surface area contributed by atoms with Gasteiger partial charge in [-0.05, 0) is 37.3 Å². The van der Waals surface area contributed by atoms with E-state index in [9.17, 15) is 4.79 Å². The van der Waals surface area contributed by atoms with Crippen molar-refractivity contribution in [3.63, 3.8) is 0 Å². The molecule has 2 aromatic rings. The van der Waals surface area contributed by atoms with E-state index in [1.165, 1.54) is 6.42 Å².